The quantitative estimate of drug-likeness (QED) is 0.489. The molecule has 2 aliphatic rings. The Morgan fingerprint density at radius 3 is 2.62 bits per heavy atom. The van der Waals surface area contributed by atoms with E-state index < -0.39 is 0 Å². The van der Waals surface area contributed by atoms with Crippen LogP contribution < -0.4 is 5.32 Å². The summed E-state index contributed by atoms with van der Waals surface area (Å²) in [7, 11) is 1.42. The van der Waals surface area contributed by atoms with E-state index in [2.05, 4.69) is 24.4 Å². The molecule has 2 aromatic rings. The fourth-order valence-corrected chi connectivity index (χ4v) is 5.30. The number of rotatable bonds is 9. The van der Waals surface area contributed by atoms with Gasteiger partial charge in [-0.25, -0.2) is 0 Å². The molecule has 2 unspecified atom stereocenters. The van der Waals surface area contributed by atoms with Crippen LogP contribution in [0.5, 0.6) is 0 Å². The number of ether oxygens (including phenoxy) is 1. The topological polar surface area (TPSA) is 58.6 Å². The van der Waals surface area contributed by atoms with Crippen LogP contribution in [0.3, 0.4) is 0 Å². The van der Waals surface area contributed by atoms with Crippen LogP contribution in [0.2, 0.25) is 5.02 Å². The molecule has 2 aromatic carbocycles. The minimum absolute atomic E-state index is 0.127. The van der Waals surface area contributed by atoms with Crippen molar-refractivity contribution in [2.24, 2.45) is 0 Å². The van der Waals surface area contributed by atoms with E-state index in [0.29, 0.717) is 11.6 Å². The molecule has 2 atom stereocenters. The lowest BCUT2D eigenvalue weighted by atomic mass is 9.91. The first kappa shape index (κ1) is 24.5. The van der Waals surface area contributed by atoms with Crippen molar-refractivity contribution < 1.29 is 14.3 Å². The van der Waals surface area contributed by atoms with Gasteiger partial charge in [0, 0.05) is 23.2 Å². The van der Waals surface area contributed by atoms with Gasteiger partial charge >= 0.3 is 5.97 Å². The van der Waals surface area contributed by atoms with Gasteiger partial charge in [-0.15, -0.1) is 0 Å². The number of carbonyl (C=O) groups excluding carboxylic acids is 2. The Morgan fingerprint density at radius 2 is 1.88 bits per heavy atom. The minimum Gasteiger partial charge on any atom is -0.469 e. The standard InChI is InChI=1S/C28H33ClN2O3/c1-3-20-8-4-5-9-22(20)25(18-26(32)34-2)30-27-23-10-6-7-11-24(23)28(33)31(27)17-16-19-12-14-21(29)15-13-19/h4-5,8-9,12-15,25,27,30H,3,6-7,10-11,16-18H2,1-2H3. The number of esters is 1. The number of carbonyl (C=O) groups is 2. The van der Waals surface area contributed by atoms with Crippen LogP contribution >= 0.6 is 11.6 Å². The van der Waals surface area contributed by atoms with Crippen LogP contribution in [0.1, 0.15) is 61.8 Å². The third-order valence-electron chi connectivity index (χ3n) is 6.99. The highest BCUT2D eigenvalue weighted by Crippen LogP contribution is 2.37. The maximum atomic E-state index is 13.5. The molecular weight excluding hydrogens is 448 g/mol. The summed E-state index contributed by atoms with van der Waals surface area (Å²) in [5, 5.41) is 4.43. The fraction of sp³-hybridized carbons (Fsp3) is 0.429. The molecule has 180 valence electrons. The van der Waals surface area contributed by atoms with Crippen molar-refractivity contribution in [2.45, 2.75) is 64.1 Å². The van der Waals surface area contributed by atoms with E-state index in [0.717, 1.165) is 55.2 Å². The molecule has 0 fully saturated rings. The molecular formula is C28H33ClN2O3. The average Bonchev–Trinajstić information content (AvgIpc) is 3.13. The Bertz CT molecular complexity index is 1060. The summed E-state index contributed by atoms with van der Waals surface area (Å²) in [6, 6.07) is 15.8. The molecule has 1 aliphatic heterocycles. The first-order valence-corrected chi connectivity index (χ1v) is 12.6. The zero-order valence-corrected chi connectivity index (χ0v) is 20.7. The van der Waals surface area contributed by atoms with Crippen molar-refractivity contribution in [1.82, 2.24) is 10.2 Å². The maximum absolute atomic E-state index is 13.5. The summed E-state index contributed by atoms with van der Waals surface area (Å²) in [6.07, 6.45) is 5.49. The number of hydrogen-bond acceptors (Lipinski definition) is 4. The molecule has 34 heavy (non-hydrogen) atoms. The van der Waals surface area contributed by atoms with E-state index in [1.807, 2.05) is 41.3 Å². The van der Waals surface area contributed by atoms with Gasteiger partial charge in [0.25, 0.3) is 5.91 Å². The molecule has 0 saturated carbocycles. The second-order valence-corrected chi connectivity index (χ2v) is 9.48. The van der Waals surface area contributed by atoms with Crippen molar-refractivity contribution >= 4 is 23.5 Å². The molecule has 5 nitrogen and oxygen atoms in total. The zero-order chi connectivity index (χ0) is 24.1. The predicted octanol–water partition coefficient (Wildman–Crippen LogP) is 5.38. The highest BCUT2D eigenvalue weighted by molar-refractivity contribution is 6.30. The summed E-state index contributed by atoms with van der Waals surface area (Å²) in [5.74, 6) is -0.139. The highest BCUT2D eigenvalue weighted by Gasteiger charge is 2.40. The van der Waals surface area contributed by atoms with Crippen molar-refractivity contribution in [3.05, 3.63) is 81.4 Å². The van der Waals surface area contributed by atoms with E-state index in [9.17, 15) is 9.59 Å². The monoisotopic (exact) mass is 480 g/mol. The first-order chi connectivity index (χ1) is 16.5. The Labute approximate surface area is 207 Å². The number of nitrogens with zero attached hydrogens (tertiary/aromatic N) is 1. The molecule has 1 amide bonds. The number of benzene rings is 2. The predicted molar refractivity (Wildman–Crippen MR) is 134 cm³/mol. The van der Waals surface area contributed by atoms with Crippen molar-refractivity contribution in [1.29, 1.82) is 0 Å². The van der Waals surface area contributed by atoms with Gasteiger partial charge in [-0.05, 0) is 72.9 Å². The van der Waals surface area contributed by atoms with Crippen LogP contribution in [-0.4, -0.2) is 36.6 Å². The van der Waals surface area contributed by atoms with Crippen LogP contribution in [0.25, 0.3) is 0 Å². The Morgan fingerprint density at radius 1 is 1.15 bits per heavy atom. The smallest absolute Gasteiger partial charge is 0.307 e. The molecule has 0 spiro atoms. The van der Waals surface area contributed by atoms with Crippen LogP contribution in [0.15, 0.2) is 59.7 Å². The van der Waals surface area contributed by atoms with E-state index in [4.69, 9.17) is 16.3 Å². The third-order valence-corrected chi connectivity index (χ3v) is 7.25. The normalized spacial score (nSPS) is 18.7. The van der Waals surface area contributed by atoms with Gasteiger partial charge in [0.2, 0.25) is 0 Å². The van der Waals surface area contributed by atoms with E-state index >= 15 is 0 Å². The molecule has 1 N–H and O–H groups in total. The number of nitrogens with one attached hydrogen (secondary N) is 1. The van der Waals surface area contributed by atoms with Gasteiger partial charge in [-0.1, -0.05) is 54.9 Å². The van der Waals surface area contributed by atoms with Crippen molar-refractivity contribution in [3.8, 4) is 0 Å². The van der Waals surface area contributed by atoms with Gasteiger partial charge < -0.3 is 9.64 Å². The molecule has 4 rings (SSSR count). The molecule has 1 heterocycles. The highest BCUT2D eigenvalue weighted by atomic mass is 35.5. The Balaban J connectivity index is 1.63. The Kier molecular flexibility index (Phi) is 8.07. The second-order valence-electron chi connectivity index (χ2n) is 9.04. The summed E-state index contributed by atoms with van der Waals surface area (Å²) < 4.78 is 5.03. The van der Waals surface area contributed by atoms with Gasteiger partial charge in [-0.2, -0.15) is 0 Å². The SMILES string of the molecule is CCc1ccccc1C(CC(=O)OC)NC1C2=C(CCCC2)C(=O)N1CCc1ccc(Cl)cc1. The van der Waals surface area contributed by atoms with Gasteiger partial charge in [0.15, 0.2) is 0 Å². The van der Waals surface area contributed by atoms with Gasteiger partial charge in [-0.3, -0.25) is 14.9 Å². The summed E-state index contributed by atoms with van der Waals surface area (Å²) >= 11 is 6.04. The van der Waals surface area contributed by atoms with Crippen LogP contribution in [0.4, 0.5) is 0 Å². The van der Waals surface area contributed by atoms with E-state index in [1.54, 1.807) is 0 Å². The average molecular weight is 481 g/mol. The lowest BCUT2D eigenvalue weighted by Gasteiger charge is -2.33. The first-order valence-electron chi connectivity index (χ1n) is 12.2. The van der Waals surface area contributed by atoms with Gasteiger partial charge in [0.05, 0.1) is 13.5 Å². The molecule has 0 aromatic heterocycles. The number of halogens is 1. The van der Waals surface area contributed by atoms with Gasteiger partial charge in [0.1, 0.15) is 6.17 Å². The molecule has 1 aliphatic carbocycles. The molecule has 0 saturated heterocycles. The fourth-order valence-electron chi connectivity index (χ4n) is 5.17. The van der Waals surface area contributed by atoms with E-state index in [-0.39, 0.29) is 30.5 Å². The maximum Gasteiger partial charge on any atom is 0.307 e. The van der Waals surface area contributed by atoms with Crippen LogP contribution in [0, 0.1) is 0 Å². The molecule has 0 radical (unpaired) electrons. The number of hydrogen-bond donors (Lipinski definition) is 1. The second kappa shape index (κ2) is 11.2. The minimum atomic E-state index is -0.265. The largest absolute Gasteiger partial charge is 0.469 e. The lowest BCUT2D eigenvalue weighted by Crippen LogP contribution is -2.48. The van der Waals surface area contributed by atoms with Crippen molar-refractivity contribution in [2.75, 3.05) is 13.7 Å². The van der Waals surface area contributed by atoms with Crippen LogP contribution in [-0.2, 0) is 27.2 Å². The molecule has 6 heteroatoms. The summed E-state index contributed by atoms with van der Waals surface area (Å²) in [6.45, 7) is 2.72. The number of aryl methyl sites for hydroxylation is 1. The number of methoxy groups -OCH3 is 1. The molecule has 0 bridgehead atoms. The van der Waals surface area contributed by atoms with E-state index in [1.165, 1.54) is 18.2 Å². The Hall–Kier alpha value is -2.63. The summed E-state index contributed by atoms with van der Waals surface area (Å²) in [5.41, 5.74) is 5.57. The number of amides is 1. The lowest BCUT2D eigenvalue weighted by molar-refractivity contribution is -0.141. The third kappa shape index (κ3) is 5.37. The van der Waals surface area contributed by atoms with Crippen molar-refractivity contribution in [3.63, 3.8) is 0 Å². The zero-order valence-electron chi connectivity index (χ0n) is 20.0. The summed E-state index contributed by atoms with van der Waals surface area (Å²) in [4.78, 5) is 27.8.